The highest BCUT2D eigenvalue weighted by Gasteiger charge is 2.35. The van der Waals surface area contributed by atoms with E-state index in [1.54, 1.807) is 11.3 Å². The van der Waals surface area contributed by atoms with Crippen LogP contribution in [0.3, 0.4) is 0 Å². The van der Waals surface area contributed by atoms with Gasteiger partial charge in [-0.25, -0.2) is 4.79 Å². The van der Waals surface area contributed by atoms with E-state index in [-0.39, 0.29) is 18.1 Å². The highest BCUT2D eigenvalue weighted by atomic mass is 32.1. The van der Waals surface area contributed by atoms with Crippen LogP contribution in [0.4, 0.5) is 4.79 Å². The number of piperidine rings is 1. The Morgan fingerprint density at radius 2 is 2.04 bits per heavy atom. The van der Waals surface area contributed by atoms with Gasteiger partial charge in [0, 0.05) is 29.9 Å². The van der Waals surface area contributed by atoms with E-state index in [1.165, 1.54) is 4.88 Å². The molecule has 0 aromatic carbocycles. The number of thiophene rings is 1. The van der Waals surface area contributed by atoms with Crippen molar-refractivity contribution in [3.05, 3.63) is 22.4 Å². The Labute approximate surface area is 141 Å². The predicted octanol–water partition coefficient (Wildman–Crippen LogP) is 2.90. The molecule has 5 nitrogen and oxygen atoms in total. The fourth-order valence-corrected chi connectivity index (χ4v) is 3.94. The average molecular weight is 335 g/mol. The molecule has 3 rings (SSSR count). The summed E-state index contributed by atoms with van der Waals surface area (Å²) in [5, 5.41) is 8.16. The summed E-state index contributed by atoms with van der Waals surface area (Å²) in [4.78, 5) is 27.4. The second-order valence-corrected chi connectivity index (χ2v) is 7.45. The van der Waals surface area contributed by atoms with Crippen molar-refractivity contribution in [2.24, 2.45) is 5.92 Å². The topological polar surface area (TPSA) is 61.4 Å². The van der Waals surface area contributed by atoms with Crippen molar-refractivity contribution >= 4 is 23.3 Å². The van der Waals surface area contributed by atoms with Crippen LogP contribution >= 0.6 is 11.3 Å². The molecule has 1 saturated carbocycles. The average Bonchev–Trinajstić information content (AvgIpc) is 3.27. The van der Waals surface area contributed by atoms with Gasteiger partial charge in [0.25, 0.3) is 0 Å². The Bertz CT molecular complexity index is 534. The lowest BCUT2D eigenvalue weighted by Crippen LogP contribution is -2.49. The van der Waals surface area contributed by atoms with Gasteiger partial charge in [-0.2, -0.15) is 0 Å². The molecule has 1 saturated heterocycles. The zero-order valence-corrected chi connectivity index (χ0v) is 14.4. The van der Waals surface area contributed by atoms with Gasteiger partial charge in [-0.1, -0.05) is 13.0 Å². The van der Waals surface area contributed by atoms with Crippen molar-refractivity contribution in [2.45, 2.75) is 51.1 Å². The molecular weight excluding hydrogens is 310 g/mol. The summed E-state index contributed by atoms with van der Waals surface area (Å²) in [6.07, 6.45) is 4.69. The summed E-state index contributed by atoms with van der Waals surface area (Å²) in [5.74, 6) is 0.607. The van der Waals surface area contributed by atoms with Gasteiger partial charge in [-0.3, -0.25) is 4.79 Å². The molecule has 1 unspecified atom stereocenters. The fraction of sp³-hybridized carbons (Fsp3) is 0.647. The first-order valence-corrected chi connectivity index (χ1v) is 9.44. The van der Waals surface area contributed by atoms with Crippen LogP contribution in [-0.2, 0) is 4.79 Å². The second kappa shape index (κ2) is 7.34. The van der Waals surface area contributed by atoms with Crippen molar-refractivity contribution in [1.29, 1.82) is 0 Å². The van der Waals surface area contributed by atoms with E-state index in [1.807, 2.05) is 16.3 Å². The molecule has 1 aromatic heterocycles. The Morgan fingerprint density at radius 1 is 1.30 bits per heavy atom. The first kappa shape index (κ1) is 16.3. The van der Waals surface area contributed by atoms with Gasteiger partial charge in [0.15, 0.2) is 0 Å². The summed E-state index contributed by atoms with van der Waals surface area (Å²) >= 11 is 1.67. The molecule has 2 N–H and O–H groups in total. The minimum atomic E-state index is -0.0998. The van der Waals surface area contributed by atoms with Crippen LogP contribution in [0.1, 0.15) is 49.9 Å². The lowest BCUT2D eigenvalue weighted by molar-refractivity contribution is -0.133. The minimum absolute atomic E-state index is 0.0755. The molecule has 126 valence electrons. The number of hydrogen-bond acceptors (Lipinski definition) is 3. The number of nitrogens with one attached hydrogen (secondary N) is 2. The summed E-state index contributed by atoms with van der Waals surface area (Å²) in [6.45, 7) is 3.61. The molecule has 2 aliphatic rings. The molecule has 2 heterocycles. The van der Waals surface area contributed by atoms with Crippen molar-refractivity contribution in [1.82, 2.24) is 15.5 Å². The number of amides is 3. The van der Waals surface area contributed by atoms with Crippen molar-refractivity contribution in [3.63, 3.8) is 0 Å². The highest BCUT2D eigenvalue weighted by molar-refractivity contribution is 7.10. The van der Waals surface area contributed by atoms with Gasteiger partial charge < -0.3 is 15.5 Å². The highest BCUT2D eigenvalue weighted by Crippen LogP contribution is 2.31. The van der Waals surface area contributed by atoms with E-state index in [4.69, 9.17) is 0 Å². The number of urea groups is 1. The van der Waals surface area contributed by atoms with Crippen molar-refractivity contribution in [3.8, 4) is 0 Å². The molecule has 1 aliphatic heterocycles. The van der Waals surface area contributed by atoms with E-state index in [9.17, 15) is 9.59 Å². The Hall–Kier alpha value is -1.56. The first-order chi connectivity index (χ1) is 11.2. The van der Waals surface area contributed by atoms with E-state index >= 15 is 0 Å². The molecule has 0 spiro atoms. The van der Waals surface area contributed by atoms with Gasteiger partial charge in [-0.15, -0.1) is 11.3 Å². The minimum Gasteiger partial charge on any atom is -0.342 e. The zero-order chi connectivity index (χ0) is 16.2. The largest absolute Gasteiger partial charge is 0.342 e. The number of rotatable bonds is 5. The number of carbonyl (C=O) groups is 2. The Kier molecular flexibility index (Phi) is 5.20. The lowest BCUT2D eigenvalue weighted by Gasteiger charge is -2.32. The van der Waals surface area contributed by atoms with Gasteiger partial charge in [-0.05, 0) is 43.6 Å². The quantitative estimate of drug-likeness (QED) is 0.869. The zero-order valence-electron chi connectivity index (χ0n) is 13.6. The van der Waals surface area contributed by atoms with Crippen molar-refractivity contribution < 1.29 is 9.59 Å². The van der Waals surface area contributed by atoms with E-state index in [0.29, 0.717) is 11.8 Å². The number of likely N-dealkylation sites (tertiary alicyclic amines) is 1. The summed E-state index contributed by atoms with van der Waals surface area (Å²) in [7, 11) is 0. The van der Waals surface area contributed by atoms with Gasteiger partial charge in [0.05, 0.1) is 6.04 Å². The molecule has 23 heavy (non-hydrogen) atoms. The molecule has 6 heteroatoms. The molecule has 0 bridgehead atoms. The van der Waals surface area contributed by atoms with Crippen LogP contribution in [0.5, 0.6) is 0 Å². The van der Waals surface area contributed by atoms with Crippen LogP contribution < -0.4 is 10.6 Å². The third-order valence-electron chi connectivity index (χ3n) is 4.67. The SMILES string of the molecule is CCC(NC(=O)NC1CCN(C(=O)C2CC2)CC1)c1cccs1. The molecule has 1 aliphatic carbocycles. The number of carbonyl (C=O) groups excluding carboxylic acids is 2. The maximum atomic E-state index is 12.2. The van der Waals surface area contributed by atoms with Crippen LogP contribution in [0, 0.1) is 5.92 Å². The van der Waals surface area contributed by atoms with Crippen LogP contribution in [0.2, 0.25) is 0 Å². The van der Waals surface area contributed by atoms with Crippen molar-refractivity contribution in [2.75, 3.05) is 13.1 Å². The Balaban J connectivity index is 1.42. The standard InChI is InChI=1S/C17H25N3O2S/c1-2-14(15-4-3-11-23-15)19-17(22)18-13-7-9-20(10-8-13)16(21)12-5-6-12/h3-4,11-14H,2,5-10H2,1H3,(H2,18,19,22). The van der Waals surface area contributed by atoms with E-state index < -0.39 is 0 Å². The van der Waals surface area contributed by atoms with Gasteiger partial charge >= 0.3 is 6.03 Å². The predicted molar refractivity (Wildman–Crippen MR) is 91.3 cm³/mol. The number of hydrogen-bond donors (Lipinski definition) is 2. The normalized spacial score (nSPS) is 20.1. The molecular formula is C17H25N3O2S. The third-order valence-corrected chi connectivity index (χ3v) is 5.65. The summed E-state index contributed by atoms with van der Waals surface area (Å²) in [6, 6.07) is 4.21. The van der Waals surface area contributed by atoms with E-state index in [0.717, 1.165) is 45.2 Å². The third kappa shape index (κ3) is 4.25. The van der Waals surface area contributed by atoms with E-state index in [2.05, 4.69) is 23.6 Å². The molecule has 2 fully saturated rings. The lowest BCUT2D eigenvalue weighted by atomic mass is 10.0. The molecule has 1 atom stereocenters. The first-order valence-electron chi connectivity index (χ1n) is 8.56. The van der Waals surface area contributed by atoms with Crippen LogP contribution in [-0.4, -0.2) is 36.0 Å². The maximum Gasteiger partial charge on any atom is 0.315 e. The molecule has 3 amide bonds. The molecule has 0 radical (unpaired) electrons. The van der Waals surface area contributed by atoms with Gasteiger partial charge in [0.1, 0.15) is 0 Å². The van der Waals surface area contributed by atoms with Crippen LogP contribution in [0.15, 0.2) is 17.5 Å². The maximum absolute atomic E-state index is 12.2. The Morgan fingerprint density at radius 3 is 2.61 bits per heavy atom. The summed E-state index contributed by atoms with van der Waals surface area (Å²) < 4.78 is 0. The van der Waals surface area contributed by atoms with Crippen LogP contribution in [0.25, 0.3) is 0 Å². The fourth-order valence-electron chi connectivity index (χ4n) is 3.08. The van der Waals surface area contributed by atoms with Gasteiger partial charge in [0.2, 0.25) is 5.91 Å². The smallest absolute Gasteiger partial charge is 0.315 e. The summed E-state index contributed by atoms with van der Waals surface area (Å²) in [5.41, 5.74) is 0. The second-order valence-electron chi connectivity index (χ2n) is 6.47. The monoisotopic (exact) mass is 335 g/mol. The molecule has 1 aromatic rings. The number of nitrogens with zero attached hydrogens (tertiary/aromatic N) is 1.